The Morgan fingerprint density at radius 2 is 1.96 bits per heavy atom. The van der Waals surface area contributed by atoms with Crippen molar-refractivity contribution in [1.29, 1.82) is 0 Å². The summed E-state index contributed by atoms with van der Waals surface area (Å²) in [6.07, 6.45) is -3.39. The molecule has 1 aromatic carbocycles. The number of ether oxygens (including phenoxy) is 1. The number of nitrogens with one attached hydrogen (secondary N) is 1. The van der Waals surface area contributed by atoms with Gasteiger partial charge in [0.15, 0.2) is 0 Å². The van der Waals surface area contributed by atoms with E-state index in [0.29, 0.717) is 0 Å². The van der Waals surface area contributed by atoms with Gasteiger partial charge in [0.2, 0.25) is 0 Å². The molecule has 5 nitrogen and oxygen atoms in total. The van der Waals surface area contributed by atoms with Gasteiger partial charge in [-0.3, -0.25) is 9.59 Å². The van der Waals surface area contributed by atoms with Crippen LogP contribution in [-0.4, -0.2) is 16.8 Å². The Kier molecular flexibility index (Phi) is 4.73. The lowest BCUT2D eigenvalue weighted by Gasteiger charge is -2.13. The monoisotopic (exact) mass is 326 g/mol. The maximum absolute atomic E-state index is 12.3. The second-order valence-corrected chi connectivity index (χ2v) is 4.70. The number of aromatic nitrogens is 1. The molecular weight excluding hydrogens is 313 g/mol. The third-order valence-electron chi connectivity index (χ3n) is 3.00. The topological polar surface area (TPSA) is 60.3 Å². The van der Waals surface area contributed by atoms with Crippen molar-refractivity contribution < 1.29 is 22.7 Å². The zero-order valence-electron chi connectivity index (χ0n) is 12.1. The van der Waals surface area contributed by atoms with E-state index in [1.807, 2.05) is 0 Å². The molecule has 2 rings (SSSR count). The van der Waals surface area contributed by atoms with Crippen LogP contribution in [0.1, 0.15) is 15.9 Å². The number of pyridine rings is 1. The number of hydrogen-bond donors (Lipinski definition) is 1. The number of nitrogens with zero attached hydrogens (tertiary/aromatic N) is 1. The maximum atomic E-state index is 12.3. The molecule has 1 aromatic heterocycles. The number of para-hydroxylation sites is 1. The lowest BCUT2D eigenvalue weighted by molar-refractivity contribution is -0.274. The normalized spacial score (nSPS) is 11.1. The van der Waals surface area contributed by atoms with Gasteiger partial charge in [-0.2, -0.15) is 0 Å². The number of amides is 1. The molecule has 1 heterocycles. The van der Waals surface area contributed by atoms with Crippen LogP contribution in [-0.2, 0) is 13.6 Å². The number of hydrogen-bond acceptors (Lipinski definition) is 3. The Morgan fingerprint density at radius 1 is 1.26 bits per heavy atom. The number of benzene rings is 1. The predicted molar refractivity (Wildman–Crippen MR) is 76.0 cm³/mol. The highest BCUT2D eigenvalue weighted by molar-refractivity contribution is 5.93. The van der Waals surface area contributed by atoms with Crippen molar-refractivity contribution in [1.82, 2.24) is 9.88 Å². The first-order valence-electron chi connectivity index (χ1n) is 6.55. The maximum Gasteiger partial charge on any atom is 0.573 e. The molecule has 8 heteroatoms. The number of alkyl halides is 3. The van der Waals surface area contributed by atoms with Gasteiger partial charge in [0.05, 0.1) is 0 Å². The average molecular weight is 326 g/mol. The van der Waals surface area contributed by atoms with E-state index in [-0.39, 0.29) is 29.0 Å². The summed E-state index contributed by atoms with van der Waals surface area (Å²) in [6, 6.07) is 8.08. The average Bonchev–Trinajstić information content (AvgIpc) is 2.47. The zero-order valence-corrected chi connectivity index (χ0v) is 12.1. The smallest absolute Gasteiger partial charge is 0.405 e. The minimum Gasteiger partial charge on any atom is -0.405 e. The Labute approximate surface area is 129 Å². The number of aryl methyl sites for hydroxylation is 1. The Bertz CT molecular complexity index is 769. The summed E-state index contributed by atoms with van der Waals surface area (Å²) in [4.78, 5) is 23.4. The van der Waals surface area contributed by atoms with E-state index in [2.05, 4.69) is 10.1 Å². The number of rotatable bonds is 4. The molecule has 2 aromatic rings. The summed E-state index contributed by atoms with van der Waals surface area (Å²) >= 11 is 0. The molecule has 0 aliphatic carbocycles. The summed E-state index contributed by atoms with van der Waals surface area (Å²) in [6.45, 7) is -0.166. The fourth-order valence-electron chi connectivity index (χ4n) is 1.84. The van der Waals surface area contributed by atoms with Crippen molar-refractivity contribution >= 4 is 5.91 Å². The fourth-order valence-corrected chi connectivity index (χ4v) is 1.84. The molecule has 1 amide bonds. The van der Waals surface area contributed by atoms with Gasteiger partial charge in [0.1, 0.15) is 5.75 Å². The van der Waals surface area contributed by atoms with Crippen molar-refractivity contribution in [3.8, 4) is 5.75 Å². The van der Waals surface area contributed by atoms with E-state index >= 15 is 0 Å². The Morgan fingerprint density at radius 3 is 2.61 bits per heavy atom. The van der Waals surface area contributed by atoms with Gasteiger partial charge in [-0.15, -0.1) is 13.2 Å². The van der Waals surface area contributed by atoms with E-state index in [0.717, 1.165) is 12.1 Å². The van der Waals surface area contributed by atoms with Crippen molar-refractivity contribution in [3.63, 3.8) is 0 Å². The van der Waals surface area contributed by atoms with Gasteiger partial charge in [-0.1, -0.05) is 18.2 Å². The summed E-state index contributed by atoms with van der Waals surface area (Å²) in [5.41, 5.74) is -0.0669. The van der Waals surface area contributed by atoms with Crippen molar-refractivity contribution in [2.75, 3.05) is 0 Å². The number of carbonyl (C=O) groups excluding carboxylic acids is 1. The Hall–Kier alpha value is -2.77. The minimum absolute atomic E-state index is 0.127. The molecule has 0 aliphatic heterocycles. The SMILES string of the molecule is Cn1ccc(C(=O)NCc2ccccc2OC(F)(F)F)cc1=O. The second-order valence-electron chi connectivity index (χ2n) is 4.70. The summed E-state index contributed by atoms with van der Waals surface area (Å²) in [5.74, 6) is -0.950. The molecule has 0 radical (unpaired) electrons. The van der Waals surface area contributed by atoms with Gasteiger partial charge in [-0.05, 0) is 12.1 Å². The third kappa shape index (κ3) is 4.60. The molecule has 0 bridgehead atoms. The highest BCUT2D eigenvalue weighted by atomic mass is 19.4. The van der Waals surface area contributed by atoms with Crippen LogP contribution in [0.5, 0.6) is 5.75 Å². The first kappa shape index (κ1) is 16.6. The molecule has 0 saturated heterocycles. The van der Waals surface area contributed by atoms with Crippen LogP contribution >= 0.6 is 0 Å². The standard InChI is InChI=1S/C15H13F3N2O3/c1-20-7-6-10(8-13(20)21)14(22)19-9-11-4-2-3-5-12(11)23-15(16,17)18/h2-8H,9H2,1H3,(H,19,22). The predicted octanol–water partition coefficient (Wildman–Crippen LogP) is 2.21. The molecule has 0 unspecified atom stereocenters. The summed E-state index contributed by atoms with van der Waals surface area (Å²) in [5, 5.41) is 2.45. The van der Waals surface area contributed by atoms with E-state index in [4.69, 9.17) is 0 Å². The van der Waals surface area contributed by atoms with E-state index in [1.165, 1.54) is 42.1 Å². The van der Waals surface area contributed by atoms with Crippen LogP contribution in [0.25, 0.3) is 0 Å². The molecule has 122 valence electrons. The van der Waals surface area contributed by atoms with Gasteiger partial charge in [-0.25, -0.2) is 0 Å². The third-order valence-corrected chi connectivity index (χ3v) is 3.00. The molecular formula is C15H13F3N2O3. The van der Waals surface area contributed by atoms with Crippen LogP contribution in [0, 0.1) is 0 Å². The van der Waals surface area contributed by atoms with Gasteiger partial charge >= 0.3 is 6.36 Å². The Balaban J connectivity index is 2.10. The van der Waals surface area contributed by atoms with Crippen LogP contribution in [0.4, 0.5) is 13.2 Å². The van der Waals surface area contributed by atoms with Crippen molar-refractivity contribution in [3.05, 3.63) is 64.1 Å². The van der Waals surface area contributed by atoms with Gasteiger partial charge < -0.3 is 14.6 Å². The first-order valence-corrected chi connectivity index (χ1v) is 6.55. The van der Waals surface area contributed by atoms with Crippen LogP contribution in [0.3, 0.4) is 0 Å². The zero-order chi connectivity index (χ0) is 17.0. The highest BCUT2D eigenvalue weighted by Gasteiger charge is 2.31. The lowest BCUT2D eigenvalue weighted by atomic mass is 10.2. The van der Waals surface area contributed by atoms with E-state index in [9.17, 15) is 22.8 Å². The summed E-state index contributed by atoms with van der Waals surface area (Å²) in [7, 11) is 1.54. The number of halogens is 3. The lowest BCUT2D eigenvalue weighted by Crippen LogP contribution is -2.26. The minimum atomic E-state index is -4.81. The molecule has 0 saturated carbocycles. The highest BCUT2D eigenvalue weighted by Crippen LogP contribution is 2.26. The van der Waals surface area contributed by atoms with Crippen LogP contribution < -0.4 is 15.6 Å². The number of carbonyl (C=O) groups is 1. The molecule has 0 atom stereocenters. The quantitative estimate of drug-likeness (QED) is 0.937. The molecule has 0 spiro atoms. The molecule has 0 aliphatic rings. The van der Waals surface area contributed by atoms with Crippen molar-refractivity contribution in [2.45, 2.75) is 12.9 Å². The van der Waals surface area contributed by atoms with Gasteiger partial charge in [0.25, 0.3) is 11.5 Å². The molecule has 1 N–H and O–H groups in total. The van der Waals surface area contributed by atoms with Gasteiger partial charge in [0, 0.05) is 37.0 Å². The fraction of sp³-hybridized carbons (Fsp3) is 0.200. The summed E-state index contributed by atoms with van der Waals surface area (Å²) < 4.78 is 42.2. The van der Waals surface area contributed by atoms with E-state index < -0.39 is 12.3 Å². The van der Waals surface area contributed by atoms with E-state index in [1.54, 1.807) is 0 Å². The first-order chi connectivity index (χ1) is 10.8. The van der Waals surface area contributed by atoms with Crippen LogP contribution in [0.2, 0.25) is 0 Å². The largest absolute Gasteiger partial charge is 0.573 e. The molecule has 23 heavy (non-hydrogen) atoms. The second kappa shape index (κ2) is 6.55. The van der Waals surface area contributed by atoms with Crippen molar-refractivity contribution in [2.24, 2.45) is 7.05 Å². The molecule has 0 fully saturated rings. The van der Waals surface area contributed by atoms with Crippen LogP contribution in [0.15, 0.2) is 47.4 Å².